The molecule has 30 nitrogen and oxygen atoms in total. The third-order valence-electron chi connectivity index (χ3n) is 23.2. The molecule has 0 aliphatic rings. The standard InChI is InChI=1S/C18H40O3Si.C15H34O3Si.C13H30O3Si.2C11H26O3Si.C9H22O3Si.C8H20O3Si.C7H18O3Si.C5H14O3Si.C4H12O3Si/c1-5-9-10-11-12-13-14-15-16-17-18-22(19-6-2,20-7-3)21-8-4;1-5-6-7-8-9-10-11-12-13-14-15-19(16-2,17-3)18-4;1-5-8-9-10-11-12-13-17(14-4,15-6-2)16-7-3;1-5-6-7-8-9-10-11-15(12-2,13-3)14-4;1-5-8-9-10-11-15(12-4,13-6-2)14-7-3;1-5-6-7-8-9-13(10-2,11-3)12-4;1-5-9-12(8-4,10-6-2)11-7-3;1-5-8-11(4,9-6-2)10-7-3;1-5-9(6-2,7-3)8-4;1-5-8(4,6-2)7-3/h5-18H2,1-4H3;5-15H2,1-4H3;5-13H2,1-4H3;2*5-11H2,1-4H3;5-9H2,1-4H3;5-8H2,1-4H3;5-7H2,1-4H3;5H2,1-4H3;1-4H3. The Morgan fingerprint density at radius 2 is 0.241 bits per heavy atom. The average molecular weight is 2220 g/mol. The molecule has 0 spiro atoms. The normalized spacial score (nSPS) is 12.0. The molecule has 0 amide bonds. The van der Waals surface area contributed by atoms with Crippen molar-refractivity contribution in [2.75, 3.05) is 207 Å². The van der Waals surface area contributed by atoms with Crippen LogP contribution in [0.15, 0.2) is 0 Å². The largest absolute Gasteiger partial charge is 0.500 e. The van der Waals surface area contributed by atoms with Gasteiger partial charge in [-0.3, -0.25) is 0 Å². The minimum absolute atomic E-state index is 0.655. The van der Waals surface area contributed by atoms with Gasteiger partial charge in [-0.2, -0.15) is 0 Å². The van der Waals surface area contributed by atoms with E-state index in [0.717, 1.165) is 80.5 Å². The van der Waals surface area contributed by atoms with Crippen molar-refractivity contribution in [2.24, 2.45) is 0 Å². The molecule has 866 valence electrons. The summed E-state index contributed by atoms with van der Waals surface area (Å²) in [6.07, 6.45) is 52.3. The zero-order valence-electron chi connectivity index (χ0n) is 100. The Morgan fingerprint density at radius 1 is 0.113 bits per heavy atom. The first-order chi connectivity index (χ1) is 67.8. The molecule has 0 saturated carbocycles. The molecule has 0 heterocycles. The zero-order chi connectivity index (χ0) is 109. The van der Waals surface area contributed by atoms with Crippen LogP contribution < -0.4 is 0 Å². The summed E-state index contributed by atoms with van der Waals surface area (Å²) >= 11 is 0. The summed E-state index contributed by atoms with van der Waals surface area (Å²) in [6, 6.07) is 7.34. The molecule has 0 rings (SSSR count). The van der Waals surface area contributed by atoms with E-state index in [1.807, 2.05) is 117 Å². The number of hydrogen-bond donors (Lipinski definition) is 0. The van der Waals surface area contributed by atoms with Crippen LogP contribution in [0.1, 0.15) is 402 Å². The third kappa shape index (κ3) is 96.5. The Kier molecular flexibility index (Phi) is 137. The van der Waals surface area contributed by atoms with Gasteiger partial charge in [0.1, 0.15) is 0 Å². The van der Waals surface area contributed by atoms with E-state index < -0.39 is 88.0 Å². The summed E-state index contributed by atoms with van der Waals surface area (Å²) in [5, 5.41) is 0. The maximum absolute atomic E-state index is 5.89. The van der Waals surface area contributed by atoms with E-state index in [9.17, 15) is 0 Å². The SMILES string of the molecule is CCCCCCCCCCCC[Si](OC)(OC)OC.CCCCCCCCCCCC[Si](OCC)(OCC)OCC.CCCCCCCC[Si](OC)(OC)OC.CCCCCCCC[Si](OC)(OCC)OCC.CCCCCC[Si](OC)(OC)OC.CCCCCC[Si](OC)(OCC)OCC.CCO[Si](C)(OCC)OCC.CCO[Si](CC)(OCC)OCC.CC[Si](OC)(OC)OC.CO[Si](C)(OC)OC. The van der Waals surface area contributed by atoms with Crippen molar-refractivity contribution in [1.29, 1.82) is 0 Å². The molecule has 0 N–H and O–H groups in total. The Bertz CT molecular complexity index is 2190. The fourth-order valence-corrected chi connectivity index (χ4v) is 33.4. The molecule has 0 aromatic rings. The molecule has 141 heavy (non-hydrogen) atoms. The second-order valence-corrected chi connectivity index (χ2v) is 63.0. The van der Waals surface area contributed by atoms with Gasteiger partial charge < -0.3 is 133 Å². The highest BCUT2D eigenvalue weighted by atomic mass is 28.4. The van der Waals surface area contributed by atoms with Crippen LogP contribution in [0.2, 0.25) is 61.4 Å². The fraction of sp³-hybridized carbons (Fsp3) is 1.00. The second-order valence-electron chi connectivity index (χ2n) is 33.5. The molecule has 0 aliphatic heterocycles. The lowest BCUT2D eigenvalue weighted by Crippen LogP contribution is -2.45. The average Bonchev–Trinajstić information content (AvgIpc) is 0.867. The van der Waals surface area contributed by atoms with Crippen LogP contribution in [0.25, 0.3) is 0 Å². The summed E-state index contributed by atoms with van der Waals surface area (Å²) in [5.41, 5.74) is 0. The molecule has 0 aliphatic carbocycles. The first kappa shape index (κ1) is 162. The lowest BCUT2D eigenvalue weighted by atomic mass is 10.1. The minimum Gasteiger partial charge on any atom is -0.377 e. The molecule has 0 bridgehead atoms. The Balaban J connectivity index is -0.000000171. The number of rotatable bonds is 91. The van der Waals surface area contributed by atoms with Crippen LogP contribution in [-0.2, 0) is 133 Å². The van der Waals surface area contributed by atoms with E-state index in [2.05, 4.69) is 41.5 Å². The van der Waals surface area contributed by atoms with Crippen LogP contribution in [0.3, 0.4) is 0 Å². The van der Waals surface area contributed by atoms with Gasteiger partial charge in [-0.05, 0) is 129 Å². The summed E-state index contributed by atoms with van der Waals surface area (Å²) in [7, 11) is 5.32. The summed E-state index contributed by atoms with van der Waals surface area (Å²) in [6.45, 7) is 55.8. The lowest BCUT2D eigenvalue weighted by Gasteiger charge is -2.28. The van der Waals surface area contributed by atoms with Crippen molar-refractivity contribution in [3.63, 3.8) is 0 Å². The van der Waals surface area contributed by atoms with Crippen LogP contribution in [0.4, 0.5) is 0 Å². The molecule has 0 fully saturated rings. The Labute approximate surface area is 885 Å². The second kappa shape index (κ2) is 120. The van der Waals surface area contributed by atoms with Gasteiger partial charge in [-0.25, -0.2) is 0 Å². The van der Waals surface area contributed by atoms with Crippen LogP contribution >= 0.6 is 0 Å². The molecule has 0 radical (unpaired) electrons. The van der Waals surface area contributed by atoms with Crippen molar-refractivity contribution in [2.45, 2.75) is 464 Å². The quantitative estimate of drug-likeness (QED) is 0.0404. The van der Waals surface area contributed by atoms with E-state index in [-0.39, 0.29) is 0 Å². The Hall–Kier alpha value is 0.969. The first-order valence-corrected chi connectivity index (χ1v) is 75.4. The zero-order valence-corrected chi connectivity index (χ0v) is 110. The van der Waals surface area contributed by atoms with Crippen molar-refractivity contribution >= 4 is 88.0 Å². The van der Waals surface area contributed by atoms with E-state index in [0.29, 0.717) is 85.9 Å². The predicted molar refractivity (Wildman–Crippen MR) is 608 cm³/mol. The molecule has 0 unspecified atom stereocenters. The highest BCUT2D eigenvalue weighted by Gasteiger charge is 2.44. The summed E-state index contributed by atoms with van der Waals surface area (Å²) in [4.78, 5) is 0. The molecule has 40 heteroatoms. The third-order valence-corrected chi connectivity index (χ3v) is 51.4. The molecular weight excluding hydrogens is 1970 g/mol. The molecule has 0 atom stereocenters. The van der Waals surface area contributed by atoms with Crippen molar-refractivity contribution in [3.05, 3.63) is 0 Å². The molecular formula is C101H242O30Si10. The van der Waals surface area contributed by atoms with Gasteiger partial charge in [0.25, 0.3) is 0 Å². The topological polar surface area (TPSA) is 277 Å². The molecule has 0 saturated heterocycles. The van der Waals surface area contributed by atoms with Crippen molar-refractivity contribution in [3.8, 4) is 0 Å². The first-order valence-electron chi connectivity index (χ1n) is 55.5. The van der Waals surface area contributed by atoms with Crippen LogP contribution in [0.5, 0.6) is 0 Å². The van der Waals surface area contributed by atoms with Gasteiger partial charge in [0.2, 0.25) is 0 Å². The Morgan fingerprint density at radius 3 is 0.369 bits per heavy atom. The summed E-state index contributed by atoms with van der Waals surface area (Å²) < 4.78 is 163. The van der Waals surface area contributed by atoms with Gasteiger partial charge >= 0.3 is 88.0 Å². The van der Waals surface area contributed by atoms with Gasteiger partial charge in [-0.1, -0.05) is 274 Å². The maximum atomic E-state index is 5.89. The summed E-state index contributed by atoms with van der Waals surface area (Å²) in [5.74, 6) is 0. The highest BCUT2D eigenvalue weighted by Crippen LogP contribution is 2.27. The van der Waals surface area contributed by atoms with Gasteiger partial charge in [0.15, 0.2) is 0 Å². The van der Waals surface area contributed by atoms with Crippen molar-refractivity contribution in [1.82, 2.24) is 0 Å². The number of unbranched alkanes of at least 4 members (excludes halogenated alkanes) is 34. The van der Waals surface area contributed by atoms with Crippen LogP contribution in [-0.4, -0.2) is 295 Å². The minimum atomic E-state index is -2.39. The predicted octanol–water partition coefficient (Wildman–Crippen LogP) is 28.7. The van der Waals surface area contributed by atoms with E-state index in [1.54, 1.807) is 121 Å². The van der Waals surface area contributed by atoms with Gasteiger partial charge in [0.05, 0.1) is 0 Å². The lowest BCUT2D eigenvalue weighted by molar-refractivity contribution is 0.0703. The monoisotopic (exact) mass is 2220 g/mol. The maximum Gasteiger partial charge on any atom is 0.500 e. The van der Waals surface area contributed by atoms with E-state index >= 15 is 0 Å². The molecule has 0 aromatic heterocycles. The highest BCUT2D eigenvalue weighted by molar-refractivity contribution is 6.63. The van der Waals surface area contributed by atoms with Crippen LogP contribution in [0, 0.1) is 0 Å². The fourth-order valence-electron chi connectivity index (χ4n) is 14.7. The van der Waals surface area contributed by atoms with E-state index in [1.165, 1.54) is 225 Å². The van der Waals surface area contributed by atoms with Gasteiger partial charge in [-0.15, -0.1) is 0 Å². The van der Waals surface area contributed by atoms with E-state index in [4.69, 9.17) is 133 Å². The number of hydrogen-bond acceptors (Lipinski definition) is 30. The van der Waals surface area contributed by atoms with Gasteiger partial charge in [0, 0.05) is 268 Å². The van der Waals surface area contributed by atoms with Crippen molar-refractivity contribution < 1.29 is 133 Å². The molecule has 0 aromatic carbocycles. The smallest absolute Gasteiger partial charge is 0.377 e.